The van der Waals surface area contributed by atoms with Crippen LogP contribution in [0.25, 0.3) is 5.69 Å². The van der Waals surface area contributed by atoms with Gasteiger partial charge >= 0.3 is 5.69 Å². The zero-order valence-electron chi connectivity index (χ0n) is 11.8. The van der Waals surface area contributed by atoms with Gasteiger partial charge in [-0.25, -0.2) is 9.89 Å². The van der Waals surface area contributed by atoms with Crippen LogP contribution in [0.5, 0.6) is 5.75 Å². The second-order valence-electron chi connectivity index (χ2n) is 4.77. The molecule has 0 atom stereocenters. The molecule has 0 amide bonds. The lowest BCUT2D eigenvalue weighted by molar-refractivity contribution is 0.303. The molecule has 1 aromatic heterocycles. The minimum atomic E-state index is -0.385. The van der Waals surface area contributed by atoms with E-state index in [1.165, 1.54) is 4.68 Å². The topological polar surface area (TPSA) is 72.8 Å². The SMILES string of the molecule is Cc1ccc(OCc2ccccc2-n2nn[nH]c2=O)c(Br)c1. The van der Waals surface area contributed by atoms with Crippen molar-refractivity contribution in [1.82, 2.24) is 20.2 Å². The Kier molecular flexibility index (Phi) is 4.06. The summed E-state index contributed by atoms with van der Waals surface area (Å²) in [6.45, 7) is 2.33. The normalized spacial score (nSPS) is 10.6. The number of benzene rings is 2. The number of rotatable bonds is 4. The first-order valence-corrected chi connectivity index (χ1v) is 7.42. The van der Waals surface area contributed by atoms with Crippen molar-refractivity contribution >= 4 is 15.9 Å². The monoisotopic (exact) mass is 360 g/mol. The molecule has 22 heavy (non-hydrogen) atoms. The number of H-pyrrole nitrogens is 1. The van der Waals surface area contributed by atoms with E-state index in [0.717, 1.165) is 21.3 Å². The predicted molar refractivity (Wildman–Crippen MR) is 85.2 cm³/mol. The fourth-order valence-corrected chi connectivity index (χ4v) is 2.68. The number of nitrogens with one attached hydrogen (secondary N) is 1. The lowest BCUT2D eigenvalue weighted by Gasteiger charge is -2.11. The van der Waals surface area contributed by atoms with Crippen molar-refractivity contribution in [2.75, 3.05) is 0 Å². The highest BCUT2D eigenvalue weighted by Crippen LogP contribution is 2.27. The first-order chi connectivity index (χ1) is 10.6. The molecule has 3 rings (SSSR count). The lowest BCUT2D eigenvalue weighted by atomic mass is 10.2. The van der Waals surface area contributed by atoms with Crippen LogP contribution in [0, 0.1) is 6.92 Å². The van der Waals surface area contributed by atoms with Gasteiger partial charge in [-0.1, -0.05) is 24.3 Å². The predicted octanol–water partition coefficient (Wildman–Crippen LogP) is 2.61. The molecule has 0 aliphatic carbocycles. The Balaban J connectivity index is 1.87. The molecule has 0 spiro atoms. The Bertz CT molecular complexity index is 856. The Morgan fingerprint density at radius 3 is 2.82 bits per heavy atom. The lowest BCUT2D eigenvalue weighted by Crippen LogP contribution is -2.18. The molecule has 0 bridgehead atoms. The number of para-hydroxylation sites is 1. The van der Waals surface area contributed by atoms with Crippen molar-refractivity contribution in [2.45, 2.75) is 13.5 Å². The number of aryl methyl sites for hydroxylation is 1. The highest BCUT2D eigenvalue weighted by atomic mass is 79.9. The molecular formula is C15H13BrN4O2. The van der Waals surface area contributed by atoms with Crippen LogP contribution < -0.4 is 10.4 Å². The van der Waals surface area contributed by atoms with E-state index in [1.807, 2.05) is 43.3 Å². The van der Waals surface area contributed by atoms with E-state index in [1.54, 1.807) is 6.07 Å². The number of halogens is 1. The molecule has 0 aliphatic heterocycles. The second kappa shape index (κ2) is 6.15. The van der Waals surface area contributed by atoms with Crippen LogP contribution in [0.3, 0.4) is 0 Å². The number of hydrogen-bond donors (Lipinski definition) is 1. The molecule has 0 saturated carbocycles. The van der Waals surface area contributed by atoms with Crippen LogP contribution in [0.2, 0.25) is 0 Å². The van der Waals surface area contributed by atoms with E-state index in [9.17, 15) is 4.79 Å². The molecule has 1 N–H and O–H groups in total. The maximum atomic E-state index is 11.7. The molecule has 0 radical (unpaired) electrons. The van der Waals surface area contributed by atoms with Gasteiger partial charge in [-0.15, -0.1) is 0 Å². The number of tetrazole rings is 1. The molecule has 3 aromatic rings. The molecular weight excluding hydrogens is 348 g/mol. The first kappa shape index (κ1) is 14.5. The first-order valence-electron chi connectivity index (χ1n) is 6.63. The fraction of sp³-hybridized carbons (Fsp3) is 0.133. The van der Waals surface area contributed by atoms with Gasteiger partial charge in [0.25, 0.3) is 0 Å². The number of aromatic amines is 1. The molecule has 0 saturated heterocycles. The van der Waals surface area contributed by atoms with Crippen molar-refractivity contribution in [3.63, 3.8) is 0 Å². The summed E-state index contributed by atoms with van der Waals surface area (Å²) in [6.07, 6.45) is 0. The largest absolute Gasteiger partial charge is 0.488 e. The van der Waals surface area contributed by atoms with Gasteiger partial charge in [-0.3, -0.25) is 0 Å². The van der Waals surface area contributed by atoms with Crippen LogP contribution in [0.15, 0.2) is 51.7 Å². The third-order valence-electron chi connectivity index (χ3n) is 3.16. The van der Waals surface area contributed by atoms with Crippen LogP contribution in [-0.2, 0) is 6.61 Å². The number of hydrogen-bond acceptors (Lipinski definition) is 4. The summed E-state index contributed by atoms with van der Waals surface area (Å²) in [5.74, 6) is 0.743. The van der Waals surface area contributed by atoms with Gasteiger partial charge in [0.15, 0.2) is 0 Å². The fourth-order valence-electron chi connectivity index (χ4n) is 2.07. The molecule has 0 aliphatic rings. The number of aromatic nitrogens is 4. The third kappa shape index (κ3) is 2.94. The van der Waals surface area contributed by atoms with Gasteiger partial charge in [-0.2, -0.15) is 4.68 Å². The maximum Gasteiger partial charge on any atom is 0.365 e. The van der Waals surface area contributed by atoms with E-state index in [-0.39, 0.29) is 5.69 Å². The average molecular weight is 361 g/mol. The van der Waals surface area contributed by atoms with Crippen LogP contribution in [0.1, 0.15) is 11.1 Å². The van der Waals surface area contributed by atoms with E-state index >= 15 is 0 Å². The van der Waals surface area contributed by atoms with Crippen molar-refractivity contribution in [1.29, 1.82) is 0 Å². The summed E-state index contributed by atoms with van der Waals surface area (Å²) in [5, 5.41) is 9.55. The summed E-state index contributed by atoms with van der Waals surface area (Å²) in [4.78, 5) is 11.7. The molecule has 6 nitrogen and oxygen atoms in total. The zero-order chi connectivity index (χ0) is 15.5. The van der Waals surface area contributed by atoms with Crippen LogP contribution in [-0.4, -0.2) is 20.2 Å². The van der Waals surface area contributed by atoms with Gasteiger partial charge in [0.05, 0.1) is 10.2 Å². The smallest absolute Gasteiger partial charge is 0.365 e. The number of ether oxygens (including phenoxy) is 1. The minimum absolute atomic E-state index is 0.317. The van der Waals surface area contributed by atoms with Gasteiger partial charge in [0.1, 0.15) is 12.4 Å². The Hall–Kier alpha value is -2.41. The summed E-state index contributed by atoms with van der Waals surface area (Å²) >= 11 is 3.48. The molecule has 7 heteroatoms. The summed E-state index contributed by atoms with van der Waals surface area (Å²) in [7, 11) is 0. The minimum Gasteiger partial charge on any atom is -0.488 e. The third-order valence-corrected chi connectivity index (χ3v) is 3.78. The van der Waals surface area contributed by atoms with Crippen molar-refractivity contribution < 1.29 is 4.74 Å². The second-order valence-corrected chi connectivity index (χ2v) is 5.62. The quantitative estimate of drug-likeness (QED) is 0.775. The van der Waals surface area contributed by atoms with E-state index in [2.05, 4.69) is 31.5 Å². The molecule has 0 fully saturated rings. The van der Waals surface area contributed by atoms with Crippen molar-refractivity contribution in [3.05, 3.63) is 68.5 Å². The standard InChI is InChI=1S/C15H13BrN4O2/c1-10-6-7-14(12(16)8-10)22-9-11-4-2-3-5-13(11)20-15(21)17-18-19-20/h2-8H,9H2,1H3,(H,17,19,21). The van der Waals surface area contributed by atoms with Crippen molar-refractivity contribution in [2.24, 2.45) is 0 Å². The van der Waals surface area contributed by atoms with E-state index < -0.39 is 0 Å². The molecule has 1 heterocycles. The Morgan fingerprint density at radius 2 is 2.09 bits per heavy atom. The van der Waals surface area contributed by atoms with Gasteiger partial charge in [0.2, 0.25) is 0 Å². The van der Waals surface area contributed by atoms with Crippen molar-refractivity contribution in [3.8, 4) is 11.4 Å². The summed E-state index contributed by atoms with van der Waals surface area (Å²) in [5.41, 5.74) is 2.24. The molecule has 112 valence electrons. The molecule has 0 unspecified atom stereocenters. The van der Waals surface area contributed by atoms with Gasteiger partial charge in [0, 0.05) is 5.56 Å². The number of nitrogens with zero attached hydrogens (tertiary/aromatic N) is 3. The highest BCUT2D eigenvalue weighted by Gasteiger charge is 2.10. The van der Waals surface area contributed by atoms with Crippen LogP contribution >= 0.6 is 15.9 Å². The Labute approximate surface area is 134 Å². The van der Waals surface area contributed by atoms with Gasteiger partial charge in [-0.05, 0) is 57.0 Å². The highest BCUT2D eigenvalue weighted by molar-refractivity contribution is 9.10. The maximum absolute atomic E-state index is 11.7. The molecule has 2 aromatic carbocycles. The summed E-state index contributed by atoms with van der Waals surface area (Å²) in [6, 6.07) is 13.3. The van der Waals surface area contributed by atoms with Crippen LogP contribution in [0.4, 0.5) is 0 Å². The average Bonchev–Trinajstić information content (AvgIpc) is 2.93. The zero-order valence-corrected chi connectivity index (χ0v) is 13.4. The van der Waals surface area contributed by atoms with E-state index in [4.69, 9.17) is 4.74 Å². The van der Waals surface area contributed by atoms with Gasteiger partial charge < -0.3 is 4.74 Å². The summed E-state index contributed by atoms with van der Waals surface area (Å²) < 4.78 is 7.94. The van der Waals surface area contributed by atoms with E-state index in [0.29, 0.717) is 12.3 Å². The Morgan fingerprint density at radius 1 is 1.27 bits per heavy atom.